The Bertz CT molecular complexity index is 1520. The van der Waals surface area contributed by atoms with E-state index in [4.69, 9.17) is 10.7 Å². The number of hydrogen-bond donors (Lipinski definition) is 2. The molecule has 10 heteroatoms. The first kappa shape index (κ1) is 24.7. The van der Waals surface area contributed by atoms with E-state index in [-0.39, 0.29) is 22.8 Å². The molecule has 0 saturated heterocycles. The summed E-state index contributed by atoms with van der Waals surface area (Å²) < 4.78 is 1.65. The number of nitrogens with two attached hydrogens (primary N) is 1. The van der Waals surface area contributed by atoms with Gasteiger partial charge in [0.15, 0.2) is 5.16 Å². The molecule has 7 nitrogen and oxygen atoms in total. The van der Waals surface area contributed by atoms with Crippen LogP contribution in [0.25, 0.3) is 20.7 Å². The van der Waals surface area contributed by atoms with Crippen molar-refractivity contribution < 1.29 is 9.59 Å². The first-order valence-corrected chi connectivity index (χ1v) is 14.4. The largest absolute Gasteiger partial charge is 0.366 e. The molecule has 1 aliphatic carbocycles. The highest BCUT2D eigenvalue weighted by Gasteiger charge is 2.25. The average Bonchev–Trinajstić information content (AvgIpc) is 3.44. The van der Waals surface area contributed by atoms with E-state index in [9.17, 15) is 14.4 Å². The number of benzene rings is 1. The fourth-order valence-corrected chi connectivity index (χ4v) is 7.87. The molecule has 1 aliphatic rings. The summed E-state index contributed by atoms with van der Waals surface area (Å²) in [6.45, 7) is 4.63. The smallest absolute Gasteiger partial charge is 0.263 e. The van der Waals surface area contributed by atoms with E-state index >= 15 is 0 Å². The van der Waals surface area contributed by atoms with Crippen molar-refractivity contribution in [2.75, 3.05) is 11.1 Å². The summed E-state index contributed by atoms with van der Waals surface area (Å²) in [5.41, 5.74) is 7.92. The second-order valence-electron chi connectivity index (χ2n) is 8.90. The van der Waals surface area contributed by atoms with Gasteiger partial charge in [0.2, 0.25) is 5.91 Å². The van der Waals surface area contributed by atoms with Crippen molar-refractivity contribution in [1.82, 2.24) is 9.55 Å². The van der Waals surface area contributed by atoms with E-state index in [1.807, 2.05) is 37.3 Å². The van der Waals surface area contributed by atoms with Gasteiger partial charge < -0.3 is 11.1 Å². The third-order valence-electron chi connectivity index (χ3n) is 6.34. The third kappa shape index (κ3) is 4.72. The molecular formula is C26H26N4O3S3. The summed E-state index contributed by atoms with van der Waals surface area (Å²) in [6, 6.07) is 11.3. The van der Waals surface area contributed by atoms with E-state index < -0.39 is 5.91 Å². The van der Waals surface area contributed by atoms with Crippen molar-refractivity contribution in [2.24, 2.45) is 11.7 Å². The molecule has 4 aromatic rings. The van der Waals surface area contributed by atoms with Crippen LogP contribution in [0.1, 0.15) is 41.1 Å². The van der Waals surface area contributed by atoms with E-state index in [0.717, 1.165) is 45.5 Å². The number of nitrogens with one attached hydrogen (secondary N) is 1. The van der Waals surface area contributed by atoms with Crippen LogP contribution in [0.15, 0.2) is 46.3 Å². The normalized spacial score (nSPS) is 15.1. The Labute approximate surface area is 220 Å². The number of carbonyl (C=O) groups is 2. The van der Waals surface area contributed by atoms with E-state index in [0.29, 0.717) is 22.6 Å². The summed E-state index contributed by atoms with van der Waals surface area (Å²) in [4.78, 5) is 45.9. The van der Waals surface area contributed by atoms with Crippen LogP contribution in [0.3, 0.4) is 0 Å². The molecule has 0 saturated carbocycles. The zero-order valence-corrected chi connectivity index (χ0v) is 22.4. The SMILES string of the molecule is CCn1c(SCC(=O)Nc2sc(-c3ccccc3)cc2C(N)=O)nc2sc3c(c2c1=O)CC[C@@H](C)C3. The van der Waals surface area contributed by atoms with Crippen molar-refractivity contribution in [2.45, 2.75) is 44.8 Å². The Morgan fingerprint density at radius 2 is 2.03 bits per heavy atom. The Hall–Kier alpha value is -2.95. The van der Waals surface area contributed by atoms with Crippen LogP contribution in [0.4, 0.5) is 5.00 Å². The number of amides is 2. The summed E-state index contributed by atoms with van der Waals surface area (Å²) in [5.74, 6) is -0.224. The predicted octanol–water partition coefficient (Wildman–Crippen LogP) is 5.16. The van der Waals surface area contributed by atoms with Gasteiger partial charge in [-0.25, -0.2) is 4.98 Å². The Balaban J connectivity index is 1.37. The fourth-order valence-electron chi connectivity index (χ4n) is 4.50. The van der Waals surface area contributed by atoms with Gasteiger partial charge >= 0.3 is 0 Å². The highest BCUT2D eigenvalue weighted by molar-refractivity contribution is 7.99. The Morgan fingerprint density at radius 3 is 2.75 bits per heavy atom. The number of thioether (sulfide) groups is 1. The highest BCUT2D eigenvalue weighted by Crippen LogP contribution is 2.37. The fraction of sp³-hybridized carbons (Fsp3) is 0.308. The molecule has 0 fully saturated rings. The monoisotopic (exact) mass is 538 g/mol. The molecule has 3 aromatic heterocycles. The lowest BCUT2D eigenvalue weighted by atomic mass is 9.89. The topological polar surface area (TPSA) is 107 Å². The zero-order valence-electron chi connectivity index (χ0n) is 20.0. The Kier molecular flexibility index (Phi) is 7.00. The van der Waals surface area contributed by atoms with Crippen molar-refractivity contribution in [3.8, 4) is 10.4 Å². The number of fused-ring (bicyclic) bond motifs is 3. The van der Waals surface area contributed by atoms with Crippen LogP contribution in [0, 0.1) is 5.92 Å². The van der Waals surface area contributed by atoms with Crippen LogP contribution in [-0.4, -0.2) is 27.1 Å². The highest BCUT2D eigenvalue weighted by atomic mass is 32.2. The number of nitrogens with zero attached hydrogens (tertiary/aromatic N) is 2. The molecule has 5 rings (SSSR count). The molecule has 3 heterocycles. The molecule has 1 aromatic carbocycles. The minimum atomic E-state index is -0.598. The van der Waals surface area contributed by atoms with Gasteiger partial charge in [0.1, 0.15) is 9.83 Å². The van der Waals surface area contributed by atoms with Crippen molar-refractivity contribution in [3.05, 3.63) is 62.8 Å². The molecule has 2 amide bonds. The minimum absolute atomic E-state index is 0.0285. The van der Waals surface area contributed by atoms with Gasteiger partial charge in [-0.3, -0.25) is 19.0 Å². The molecule has 0 radical (unpaired) electrons. The number of primary amides is 1. The quantitative estimate of drug-likeness (QED) is 0.250. The molecule has 0 aliphatic heterocycles. The molecule has 186 valence electrons. The predicted molar refractivity (Wildman–Crippen MR) is 148 cm³/mol. The average molecular weight is 539 g/mol. The summed E-state index contributed by atoms with van der Waals surface area (Å²) in [7, 11) is 0. The summed E-state index contributed by atoms with van der Waals surface area (Å²) in [6.07, 6.45) is 2.99. The third-order valence-corrected chi connectivity index (χ3v) is 9.56. The number of anilines is 1. The van der Waals surface area contributed by atoms with Gasteiger partial charge in [0, 0.05) is 16.3 Å². The lowest BCUT2D eigenvalue weighted by Crippen LogP contribution is -2.24. The standard InChI is InChI=1S/C26H26N4O3S3/c1-3-30-25(33)21-16-10-9-14(2)11-19(16)36-24(21)29-26(30)34-13-20(31)28-23-17(22(27)32)12-18(35-23)15-7-5-4-6-8-15/h4-8,12,14H,3,9-11,13H2,1-2H3,(H2,27,32)(H,28,31)/t14-/m1/s1. The van der Waals surface area contributed by atoms with E-state index in [1.165, 1.54) is 28.0 Å². The van der Waals surface area contributed by atoms with Crippen molar-refractivity contribution in [1.29, 1.82) is 0 Å². The second-order valence-corrected chi connectivity index (χ2v) is 12.0. The van der Waals surface area contributed by atoms with E-state index in [2.05, 4.69) is 12.2 Å². The summed E-state index contributed by atoms with van der Waals surface area (Å²) >= 11 is 4.14. The second kappa shape index (κ2) is 10.2. The number of aromatic nitrogens is 2. The van der Waals surface area contributed by atoms with Gasteiger partial charge in [0.25, 0.3) is 11.5 Å². The number of carbonyl (C=O) groups excluding carboxylic acids is 2. The lowest BCUT2D eigenvalue weighted by Gasteiger charge is -2.17. The molecule has 36 heavy (non-hydrogen) atoms. The minimum Gasteiger partial charge on any atom is -0.366 e. The van der Waals surface area contributed by atoms with Crippen LogP contribution in [0.5, 0.6) is 0 Å². The van der Waals surface area contributed by atoms with Gasteiger partial charge in [-0.1, -0.05) is 49.0 Å². The lowest BCUT2D eigenvalue weighted by molar-refractivity contribution is -0.113. The molecule has 0 spiro atoms. The van der Waals surface area contributed by atoms with Gasteiger partial charge in [-0.2, -0.15) is 0 Å². The van der Waals surface area contributed by atoms with Crippen LogP contribution < -0.4 is 16.6 Å². The first-order chi connectivity index (χ1) is 17.4. The van der Waals surface area contributed by atoms with Crippen LogP contribution >= 0.6 is 34.4 Å². The van der Waals surface area contributed by atoms with Gasteiger partial charge in [0.05, 0.1) is 16.7 Å². The molecule has 0 unspecified atom stereocenters. The molecule has 0 bridgehead atoms. The number of aryl methyl sites for hydroxylation is 1. The molecular weight excluding hydrogens is 513 g/mol. The Morgan fingerprint density at radius 1 is 1.25 bits per heavy atom. The maximum Gasteiger partial charge on any atom is 0.263 e. The number of hydrogen-bond acceptors (Lipinski definition) is 7. The zero-order chi connectivity index (χ0) is 25.4. The molecule has 1 atom stereocenters. The van der Waals surface area contributed by atoms with Gasteiger partial charge in [-0.15, -0.1) is 22.7 Å². The summed E-state index contributed by atoms with van der Waals surface area (Å²) in [5, 5.41) is 4.53. The maximum absolute atomic E-state index is 13.4. The van der Waals surface area contributed by atoms with Gasteiger partial charge in [-0.05, 0) is 49.3 Å². The number of thiophene rings is 2. The molecule has 3 N–H and O–H groups in total. The first-order valence-electron chi connectivity index (χ1n) is 11.8. The van der Waals surface area contributed by atoms with Crippen LogP contribution in [0.2, 0.25) is 0 Å². The van der Waals surface area contributed by atoms with Crippen molar-refractivity contribution in [3.63, 3.8) is 0 Å². The van der Waals surface area contributed by atoms with Crippen molar-refractivity contribution >= 4 is 61.5 Å². The number of rotatable bonds is 7. The van der Waals surface area contributed by atoms with E-state index in [1.54, 1.807) is 22.0 Å². The maximum atomic E-state index is 13.4. The van der Waals surface area contributed by atoms with Crippen LogP contribution in [-0.2, 0) is 24.2 Å².